The molecular formula is C17H17Cl2N3O2S. The molecule has 1 aromatic heterocycles. The predicted molar refractivity (Wildman–Crippen MR) is 101 cm³/mol. The molecule has 0 saturated heterocycles. The Morgan fingerprint density at radius 3 is 2.80 bits per heavy atom. The summed E-state index contributed by atoms with van der Waals surface area (Å²) in [5.41, 5.74) is 7.58. The minimum absolute atomic E-state index is 0.118. The number of anilines is 1. The zero-order chi connectivity index (χ0) is 18.6. The second-order valence-corrected chi connectivity index (χ2v) is 7.15. The summed E-state index contributed by atoms with van der Waals surface area (Å²) in [6.45, 7) is 4.19. The Morgan fingerprint density at radius 2 is 2.20 bits per heavy atom. The number of nitriles is 1. The maximum Gasteiger partial charge on any atom is 0.348 e. The van der Waals surface area contributed by atoms with E-state index in [1.165, 1.54) is 0 Å². The smallest absolute Gasteiger partial charge is 0.348 e. The summed E-state index contributed by atoms with van der Waals surface area (Å²) >= 11 is 13.2. The second-order valence-electron chi connectivity index (χ2n) is 5.25. The standard InChI is InChI=1S/C17H17Cl2N3O2S/c1-3-24-17(23)15-13(12(7-20)16(21)25-15)8-22-9(2)11-5-4-10(18)6-14(11)19/h4-6,9,22H,3,8,21H2,1-2H3/t9-/m0/s1. The van der Waals surface area contributed by atoms with Crippen LogP contribution in [-0.4, -0.2) is 12.6 Å². The van der Waals surface area contributed by atoms with Crippen molar-refractivity contribution in [1.29, 1.82) is 5.26 Å². The van der Waals surface area contributed by atoms with Crippen LogP contribution >= 0.6 is 34.5 Å². The van der Waals surface area contributed by atoms with Crippen LogP contribution in [0.15, 0.2) is 18.2 Å². The van der Waals surface area contributed by atoms with Gasteiger partial charge in [0.2, 0.25) is 0 Å². The number of hydrogen-bond acceptors (Lipinski definition) is 6. The summed E-state index contributed by atoms with van der Waals surface area (Å²) < 4.78 is 5.05. The Morgan fingerprint density at radius 1 is 1.48 bits per heavy atom. The van der Waals surface area contributed by atoms with Gasteiger partial charge >= 0.3 is 5.97 Å². The van der Waals surface area contributed by atoms with Crippen LogP contribution in [-0.2, 0) is 11.3 Å². The van der Waals surface area contributed by atoms with Crippen molar-refractivity contribution >= 4 is 45.5 Å². The molecule has 0 aliphatic rings. The van der Waals surface area contributed by atoms with Gasteiger partial charge in [0.05, 0.1) is 12.2 Å². The van der Waals surface area contributed by atoms with E-state index in [0.717, 1.165) is 16.9 Å². The fourth-order valence-corrected chi connectivity index (χ4v) is 3.86. The molecule has 25 heavy (non-hydrogen) atoms. The molecule has 1 atom stereocenters. The molecule has 1 heterocycles. The van der Waals surface area contributed by atoms with Gasteiger partial charge in [0.1, 0.15) is 15.9 Å². The number of benzene rings is 1. The maximum atomic E-state index is 12.1. The summed E-state index contributed by atoms with van der Waals surface area (Å²) in [7, 11) is 0. The first-order chi connectivity index (χ1) is 11.9. The normalized spacial score (nSPS) is 11.8. The van der Waals surface area contributed by atoms with E-state index >= 15 is 0 Å². The molecule has 3 N–H and O–H groups in total. The number of hydrogen-bond donors (Lipinski definition) is 2. The Balaban J connectivity index is 2.24. The number of rotatable bonds is 6. The molecule has 0 spiro atoms. The number of nitrogen functional groups attached to an aromatic ring is 1. The van der Waals surface area contributed by atoms with Crippen molar-refractivity contribution in [3.8, 4) is 6.07 Å². The van der Waals surface area contributed by atoms with Crippen LogP contribution < -0.4 is 11.1 Å². The molecule has 2 rings (SSSR count). The van der Waals surface area contributed by atoms with E-state index in [4.69, 9.17) is 33.7 Å². The van der Waals surface area contributed by atoms with Crippen LogP contribution in [0.3, 0.4) is 0 Å². The number of thiophene rings is 1. The van der Waals surface area contributed by atoms with Gasteiger partial charge in [-0.05, 0) is 31.5 Å². The third-order valence-corrected chi connectivity index (χ3v) is 5.22. The minimum atomic E-state index is -0.477. The summed E-state index contributed by atoms with van der Waals surface area (Å²) in [4.78, 5) is 12.5. The van der Waals surface area contributed by atoms with E-state index in [1.807, 2.05) is 13.0 Å². The van der Waals surface area contributed by atoms with Crippen LogP contribution in [0.5, 0.6) is 0 Å². The van der Waals surface area contributed by atoms with Crippen LogP contribution in [0.2, 0.25) is 10.0 Å². The number of halogens is 2. The number of nitrogens with two attached hydrogens (primary N) is 1. The molecule has 2 aromatic rings. The monoisotopic (exact) mass is 397 g/mol. The number of carbonyl (C=O) groups is 1. The van der Waals surface area contributed by atoms with Gasteiger partial charge in [0.25, 0.3) is 0 Å². The van der Waals surface area contributed by atoms with Crippen molar-refractivity contribution in [3.63, 3.8) is 0 Å². The first kappa shape index (κ1) is 19.5. The predicted octanol–water partition coefficient (Wildman–Crippen LogP) is 4.54. The molecular weight excluding hydrogens is 381 g/mol. The fourth-order valence-electron chi connectivity index (χ4n) is 2.36. The molecule has 0 fully saturated rings. The molecule has 132 valence electrons. The molecule has 0 aliphatic heterocycles. The third kappa shape index (κ3) is 4.44. The van der Waals surface area contributed by atoms with Gasteiger partial charge in [-0.15, -0.1) is 11.3 Å². The molecule has 0 radical (unpaired) electrons. The topological polar surface area (TPSA) is 88.1 Å². The zero-order valence-corrected chi connectivity index (χ0v) is 16.1. The van der Waals surface area contributed by atoms with Crippen molar-refractivity contribution < 1.29 is 9.53 Å². The van der Waals surface area contributed by atoms with E-state index < -0.39 is 5.97 Å². The number of ether oxygens (including phenoxy) is 1. The van der Waals surface area contributed by atoms with E-state index in [1.54, 1.807) is 19.1 Å². The Hall–Kier alpha value is -1.78. The van der Waals surface area contributed by atoms with E-state index in [2.05, 4.69) is 11.4 Å². The average molecular weight is 398 g/mol. The Kier molecular flexibility index (Phi) is 6.68. The lowest BCUT2D eigenvalue weighted by Crippen LogP contribution is -2.20. The SMILES string of the molecule is CCOC(=O)c1sc(N)c(C#N)c1CN[C@@H](C)c1ccc(Cl)cc1Cl. The van der Waals surface area contributed by atoms with Gasteiger partial charge in [-0.3, -0.25) is 0 Å². The van der Waals surface area contributed by atoms with Crippen molar-refractivity contribution in [2.45, 2.75) is 26.4 Å². The van der Waals surface area contributed by atoms with E-state index in [-0.39, 0.29) is 19.2 Å². The Labute approximate surface area is 160 Å². The van der Waals surface area contributed by atoms with Crippen molar-refractivity contribution in [2.75, 3.05) is 12.3 Å². The number of esters is 1. The van der Waals surface area contributed by atoms with Crippen LogP contribution in [0.25, 0.3) is 0 Å². The third-order valence-electron chi connectivity index (χ3n) is 3.62. The molecule has 0 aliphatic carbocycles. The van der Waals surface area contributed by atoms with Gasteiger partial charge in [-0.2, -0.15) is 5.26 Å². The number of nitrogens with zero attached hydrogens (tertiary/aromatic N) is 1. The summed E-state index contributed by atoms with van der Waals surface area (Å²) in [6.07, 6.45) is 0. The van der Waals surface area contributed by atoms with Crippen LogP contribution in [0, 0.1) is 11.3 Å². The lowest BCUT2D eigenvalue weighted by Gasteiger charge is -2.16. The van der Waals surface area contributed by atoms with Gasteiger partial charge in [-0.1, -0.05) is 29.3 Å². The van der Waals surface area contributed by atoms with Gasteiger partial charge in [0, 0.05) is 28.2 Å². The zero-order valence-electron chi connectivity index (χ0n) is 13.7. The molecule has 0 saturated carbocycles. The van der Waals surface area contributed by atoms with Crippen molar-refractivity contribution in [2.24, 2.45) is 0 Å². The molecule has 0 bridgehead atoms. The van der Waals surface area contributed by atoms with Gasteiger partial charge in [-0.25, -0.2) is 4.79 Å². The fraction of sp³-hybridized carbons (Fsp3) is 0.294. The molecule has 1 aromatic carbocycles. The lowest BCUT2D eigenvalue weighted by atomic mass is 10.1. The molecule has 0 unspecified atom stereocenters. The first-order valence-corrected chi connectivity index (χ1v) is 9.12. The van der Waals surface area contributed by atoms with Gasteiger partial charge < -0.3 is 15.8 Å². The highest BCUT2D eigenvalue weighted by atomic mass is 35.5. The quantitative estimate of drug-likeness (QED) is 0.698. The second kappa shape index (κ2) is 8.54. The summed E-state index contributed by atoms with van der Waals surface area (Å²) in [5.74, 6) is -0.477. The summed E-state index contributed by atoms with van der Waals surface area (Å²) in [6, 6.07) is 7.20. The molecule has 5 nitrogen and oxygen atoms in total. The maximum absolute atomic E-state index is 12.1. The minimum Gasteiger partial charge on any atom is -0.462 e. The number of nitrogens with one attached hydrogen (secondary N) is 1. The van der Waals surface area contributed by atoms with Crippen molar-refractivity contribution in [3.05, 3.63) is 49.8 Å². The lowest BCUT2D eigenvalue weighted by molar-refractivity contribution is 0.0530. The highest BCUT2D eigenvalue weighted by Gasteiger charge is 2.23. The van der Waals surface area contributed by atoms with Gasteiger partial charge in [0.15, 0.2) is 0 Å². The summed E-state index contributed by atoms with van der Waals surface area (Å²) in [5, 5.41) is 14.0. The van der Waals surface area contributed by atoms with E-state index in [9.17, 15) is 10.1 Å². The van der Waals surface area contributed by atoms with E-state index in [0.29, 0.717) is 31.1 Å². The molecule has 8 heteroatoms. The Bertz CT molecular complexity index is 830. The number of carbonyl (C=O) groups excluding carboxylic acids is 1. The van der Waals surface area contributed by atoms with Crippen LogP contribution in [0.1, 0.15) is 46.3 Å². The highest BCUT2D eigenvalue weighted by molar-refractivity contribution is 7.18. The largest absolute Gasteiger partial charge is 0.462 e. The van der Waals surface area contributed by atoms with Crippen molar-refractivity contribution in [1.82, 2.24) is 5.32 Å². The average Bonchev–Trinajstić information content (AvgIpc) is 2.88. The first-order valence-electron chi connectivity index (χ1n) is 7.55. The highest BCUT2D eigenvalue weighted by Crippen LogP contribution is 2.32. The molecule has 0 amide bonds. The van der Waals surface area contributed by atoms with Crippen LogP contribution in [0.4, 0.5) is 5.00 Å².